The van der Waals surface area contributed by atoms with Crippen molar-refractivity contribution in [3.8, 4) is 11.5 Å². The van der Waals surface area contributed by atoms with Crippen molar-refractivity contribution in [3.05, 3.63) is 81.2 Å². The second-order valence-electron chi connectivity index (χ2n) is 9.75. The van der Waals surface area contributed by atoms with Gasteiger partial charge in [-0.3, -0.25) is 4.79 Å². The third-order valence-electron chi connectivity index (χ3n) is 6.45. The van der Waals surface area contributed by atoms with Crippen molar-refractivity contribution in [2.75, 3.05) is 14.2 Å². The van der Waals surface area contributed by atoms with Gasteiger partial charge in [0.1, 0.15) is 6.61 Å². The van der Waals surface area contributed by atoms with Crippen LogP contribution in [0.1, 0.15) is 50.7 Å². The lowest BCUT2D eigenvalue weighted by atomic mass is 9.68. The zero-order valence-corrected chi connectivity index (χ0v) is 21.4. The maximum Gasteiger partial charge on any atom is 0.336 e. The molecule has 0 spiro atoms. The molecule has 0 fully saturated rings. The van der Waals surface area contributed by atoms with Crippen LogP contribution in [0.2, 0.25) is 5.02 Å². The molecule has 6 nitrogen and oxygen atoms in total. The van der Waals surface area contributed by atoms with E-state index in [4.69, 9.17) is 25.8 Å². The summed E-state index contributed by atoms with van der Waals surface area (Å²) in [7, 11) is 2.91. The molecule has 2 aromatic rings. The third kappa shape index (κ3) is 5.08. The van der Waals surface area contributed by atoms with Crippen LogP contribution >= 0.6 is 11.6 Å². The fourth-order valence-corrected chi connectivity index (χ4v) is 5.13. The fraction of sp³-hybridized carbons (Fsp3) is 0.357. The molecule has 0 unspecified atom stereocenters. The monoisotopic (exact) mass is 495 g/mol. The quantitative estimate of drug-likeness (QED) is 0.518. The molecular weight excluding hydrogens is 466 g/mol. The molecule has 0 radical (unpaired) electrons. The Labute approximate surface area is 210 Å². The first-order valence-electron chi connectivity index (χ1n) is 11.5. The van der Waals surface area contributed by atoms with Crippen LogP contribution in [0.25, 0.3) is 0 Å². The minimum atomic E-state index is -0.557. The van der Waals surface area contributed by atoms with Gasteiger partial charge in [0, 0.05) is 34.3 Å². The largest absolute Gasteiger partial charge is 0.493 e. The Balaban J connectivity index is 1.74. The van der Waals surface area contributed by atoms with E-state index in [1.165, 1.54) is 7.11 Å². The summed E-state index contributed by atoms with van der Waals surface area (Å²) in [5, 5.41) is 3.96. The molecule has 1 aliphatic carbocycles. The van der Waals surface area contributed by atoms with Crippen molar-refractivity contribution in [1.82, 2.24) is 5.32 Å². The van der Waals surface area contributed by atoms with Gasteiger partial charge in [0.25, 0.3) is 0 Å². The molecule has 0 saturated carbocycles. The molecular formula is C28H30ClNO5. The Hall–Kier alpha value is -3.25. The average molecular weight is 496 g/mol. The number of dihydropyridines is 1. The summed E-state index contributed by atoms with van der Waals surface area (Å²) in [5.74, 6) is 0.0666. The van der Waals surface area contributed by atoms with Gasteiger partial charge in [0.05, 0.1) is 19.8 Å². The highest BCUT2D eigenvalue weighted by atomic mass is 35.5. The van der Waals surface area contributed by atoms with Gasteiger partial charge in [0.15, 0.2) is 17.3 Å². The van der Waals surface area contributed by atoms with Crippen LogP contribution in [0.3, 0.4) is 0 Å². The molecule has 2 aromatic carbocycles. The van der Waals surface area contributed by atoms with Crippen LogP contribution in [0.5, 0.6) is 11.5 Å². The van der Waals surface area contributed by atoms with Gasteiger partial charge in [-0.25, -0.2) is 4.79 Å². The molecule has 0 bridgehead atoms. The van der Waals surface area contributed by atoms with Crippen LogP contribution < -0.4 is 14.8 Å². The van der Waals surface area contributed by atoms with Crippen LogP contribution in [0, 0.1) is 5.41 Å². The maximum absolute atomic E-state index is 13.4. The Morgan fingerprint density at radius 1 is 1.11 bits per heavy atom. The number of ether oxygens (including phenoxy) is 3. The Kier molecular flexibility index (Phi) is 6.95. The number of ketones is 1. The van der Waals surface area contributed by atoms with E-state index >= 15 is 0 Å². The van der Waals surface area contributed by atoms with Crippen molar-refractivity contribution in [3.63, 3.8) is 0 Å². The average Bonchev–Trinajstić information content (AvgIpc) is 2.80. The molecule has 7 heteroatoms. The first-order valence-corrected chi connectivity index (χ1v) is 11.9. The summed E-state index contributed by atoms with van der Waals surface area (Å²) in [6.07, 6.45) is 1.13. The van der Waals surface area contributed by atoms with E-state index in [2.05, 4.69) is 19.2 Å². The van der Waals surface area contributed by atoms with E-state index in [0.29, 0.717) is 52.8 Å². The Bertz CT molecular complexity index is 1240. The standard InChI is InChI=1S/C28H30ClNO5/c1-16-24(27(32)34-5)25(26-20(30-16)13-28(2,3)14-21(26)31)18-9-10-22(23(12-18)33-4)35-15-17-7-6-8-19(29)11-17/h6-12,25,30H,13-15H2,1-5H3/t25-/m0/s1. The number of halogens is 1. The third-order valence-corrected chi connectivity index (χ3v) is 6.68. The number of esters is 1. The van der Waals surface area contributed by atoms with Gasteiger partial charge in [0.2, 0.25) is 0 Å². The van der Waals surface area contributed by atoms with E-state index in [1.54, 1.807) is 7.11 Å². The van der Waals surface area contributed by atoms with Crippen molar-refractivity contribution < 1.29 is 23.8 Å². The van der Waals surface area contributed by atoms with Gasteiger partial charge in [-0.2, -0.15) is 0 Å². The number of hydrogen-bond donors (Lipinski definition) is 1. The molecule has 0 saturated heterocycles. The Morgan fingerprint density at radius 2 is 1.89 bits per heavy atom. The topological polar surface area (TPSA) is 73.9 Å². The minimum Gasteiger partial charge on any atom is -0.493 e. The summed E-state index contributed by atoms with van der Waals surface area (Å²) >= 11 is 6.08. The number of hydrogen-bond acceptors (Lipinski definition) is 6. The molecule has 0 amide bonds. The molecule has 35 heavy (non-hydrogen) atoms. The van der Waals surface area contributed by atoms with Gasteiger partial charge < -0.3 is 19.5 Å². The van der Waals surface area contributed by atoms with Crippen molar-refractivity contribution in [1.29, 1.82) is 0 Å². The zero-order chi connectivity index (χ0) is 25.3. The summed E-state index contributed by atoms with van der Waals surface area (Å²) < 4.78 is 16.7. The second kappa shape index (κ2) is 9.78. The first kappa shape index (κ1) is 24.9. The molecule has 4 rings (SSSR count). The zero-order valence-electron chi connectivity index (χ0n) is 20.7. The first-order chi connectivity index (χ1) is 16.6. The van der Waals surface area contributed by atoms with E-state index in [-0.39, 0.29) is 11.2 Å². The lowest BCUT2D eigenvalue weighted by Gasteiger charge is -2.39. The molecule has 184 valence electrons. The number of methoxy groups -OCH3 is 2. The highest BCUT2D eigenvalue weighted by Crippen LogP contribution is 2.47. The fourth-order valence-electron chi connectivity index (χ4n) is 4.92. The molecule has 2 aliphatic rings. The normalized spacial score (nSPS) is 19.1. The highest BCUT2D eigenvalue weighted by molar-refractivity contribution is 6.30. The van der Waals surface area contributed by atoms with Crippen LogP contribution in [0.15, 0.2) is 65.0 Å². The summed E-state index contributed by atoms with van der Waals surface area (Å²) in [6.45, 7) is 6.32. The molecule has 1 aliphatic heterocycles. The lowest BCUT2D eigenvalue weighted by molar-refractivity contribution is -0.136. The van der Waals surface area contributed by atoms with Crippen LogP contribution in [0.4, 0.5) is 0 Å². The number of carbonyl (C=O) groups excluding carboxylic acids is 2. The molecule has 1 atom stereocenters. The predicted molar refractivity (Wildman–Crippen MR) is 134 cm³/mol. The van der Waals surface area contributed by atoms with Gasteiger partial charge in [-0.15, -0.1) is 0 Å². The van der Waals surface area contributed by atoms with Crippen LogP contribution in [-0.4, -0.2) is 26.0 Å². The lowest BCUT2D eigenvalue weighted by Crippen LogP contribution is -2.38. The smallest absolute Gasteiger partial charge is 0.336 e. The van der Waals surface area contributed by atoms with Crippen molar-refractivity contribution in [2.45, 2.75) is 46.1 Å². The second-order valence-corrected chi connectivity index (χ2v) is 10.2. The maximum atomic E-state index is 13.4. The summed E-state index contributed by atoms with van der Waals surface area (Å²) in [4.78, 5) is 26.2. The minimum absolute atomic E-state index is 0.0305. The van der Waals surface area contributed by atoms with E-state index in [1.807, 2.05) is 49.4 Å². The van der Waals surface area contributed by atoms with E-state index < -0.39 is 11.9 Å². The van der Waals surface area contributed by atoms with Gasteiger partial charge in [-0.05, 0) is 54.2 Å². The number of Topliss-reactive ketones (excluding diaryl/α,β-unsaturated/α-hetero) is 1. The highest BCUT2D eigenvalue weighted by Gasteiger charge is 2.43. The number of allylic oxidation sites excluding steroid dienone is 3. The number of carbonyl (C=O) groups is 2. The van der Waals surface area contributed by atoms with Gasteiger partial charge in [-0.1, -0.05) is 43.6 Å². The number of nitrogens with one attached hydrogen (secondary N) is 1. The predicted octanol–water partition coefficient (Wildman–Crippen LogP) is 5.70. The van der Waals surface area contributed by atoms with Crippen molar-refractivity contribution >= 4 is 23.4 Å². The summed E-state index contributed by atoms with van der Waals surface area (Å²) in [5.41, 5.74) is 4.12. The number of benzene rings is 2. The molecule has 0 aromatic heterocycles. The van der Waals surface area contributed by atoms with E-state index in [0.717, 1.165) is 16.8 Å². The Morgan fingerprint density at radius 3 is 2.57 bits per heavy atom. The van der Waals surface area contributed by atoms with E-state index in [9.17, 15) is 9.59 Å². The SMILES string of the molecule is COC(=O)C1=C(C)NC2=C(C(=O)CC(C)(C)C2)[C@H]1c1ccc(OCc2cccc(Cl)c2)c(OC)c1. The molecule has 1 heterocycles. The number of rotatable bonds is 6. The molecule has 1 N–H and O–H groups in total. The van der Waals surface area contributed by atoms with Crippen molar-refractivity contribution in [2.24, 2.45) is 5.41 Å². The van der Waals surface area contributed by atoms with Crippen LogP contribution in [-0.2, 0) is 20.9 Å². The summed E-state index contributed by atoms with van der Waals surface area (Å²) in [6, 6.07) is 13.0. The van der Waals surface area contributed by atoms with Gasteiger partial charge >= 0.3 is 5.97 Å².